The van der Waals surface area contributed by atoms with E-state index in [1.165, 1.54) is 103 Å². The third kappa shape index (κ3) is 62.2. The zero-order valence-electron chi connectivity index (χ0n) is 53.9. The standard InChI is InChI=1S/C73H123N2O7P/c1-7-10-13-16-19-22-25-28-30-32-33-34-35-36-37-38-39-40-41-43-45-48-51-54-57-60-63-66-73(77)82-71(64-61-58-55-52-49-46-27-24-21-18-15-12-9-3)70(69-81-83(78,79)80-68-67-75(4,5)6)74-72(76)65-62-59-56-53-50-47-44-42-31-29-26-23-20-17-14-11-8-2/h10-11,13-14,17,19-20,22-23,26,28-31,33-34,36-37,42,44,47,50,61,64,70-71H,7-9,12,15-16,18,21,24-25,27,32,35,38-41,43,45-46,48-49,51-60,62-63,65-69H2,1-6H3,(H-,74,76,78,79)/p+1/b13-10-,14-11-,20-17+,22-19-,26-23+,30-28-,31-29-,34-33-,37-36-,44-42+,50-47+,64-61-. The lowest BCUT2D eigenvalue weighted by Gasteiger charge is -2.27. The maximum Gasteiger partial charge on any atom is 0.472 e. The van der Waals surface area contributed by atoms with Crippen LogP contribution >= 0.6 is 7.82 Å². The number of nitrogens with one attached hydrogen (secondary N) is 1. The van der Waals surface area contributed by atoms with Crippen LogP contribution < -0.4 is 5.32 Å². The molecule has 0 aliphatic rings. The van der Waals surface area contributed by atoms with Crippen molar-refractivity contribution in [3.05, 3.63) is 146 Å². The lowest BCUT2D eigenvalue weighted by Crippen LogP contribution is -2.47. The van der Waals surface area contributed by atoms with E-state index < -0.39 is 20.0 Å². The number of hydrogen-bond acceptors (Lipinski definition) is 6. The Morgan fingerprint density at radius 1 is 0.446 bits per heavy atom. The first-order valence-corrected chi connectivity index (χ1v) is 34.7. The fourth-order valence-corrected chi connectivity index (χ4v) is 9.62. The van der Waals surface area contributed by atoms with Crippen LogP contribution in [0, 0.1) is 0 Å². The van der Waals surface area contributed by atoms with Crippen LogP contribution in [-0.2, 0) is 27.9 Å². The zero-order chi connectivity index (χ0) is 60.7. The van der Waals surface area contributed by atoms with Gasteiger partial charge in [-0.05, 0) is 96.0 Å². The molecule has 0 heterocycles. The van der Waals surface area contributed by atoms with Crippen LogP contribution in [-0.4, -0.2) is 74.3 Å². The molecule has 472 valence electrons. The van der Waals surface area contributed by atoms with Gasteiger partial charge in [0.25, 0.3) is 0 Å². The van der Waals surface area contributed by atoms with Gasteiger partial charge in [0, 0.05) is 12.8 Å². The Balaban J connectivity index is 5.21. The van der Waals surface area contributed by atoms with Crippen molar-refractivity contribution in [2.75, 3.05) is 40.9 Å². The average Bonchev–Trinajstić information content (AvgIpc) is 3.46. The highest BCUT2D eigenvalue weighted by Crippen LogP contribution is 2.43. The summed E-state index contributed by atoms with van der Waals surface area (Å²) >= 11 is 0. The van der Waals surface area contributed by atoms with Crippen LogP contribution in [0.5, 0.6) is 0 Å². The van der Waals surface area contributed by atoms with Gasteiger partial charge < -0.3 is 19.4 Å². The fraction of sp³-hybridized carbons (Fsp3) is 0.644. The zero-order valence-corrected chi connectivity index (χ0v) is 54.8. The summed E-state index contributed by atoms with van der Waals surface area (Å²) < 4.78 is 30.7. The van der Waals surface area contributed by atoms with Gasteiger partial charge in [0.05, 0.1) is 33.8 Å². The monoisotopic (exact) mass is 1170 g/mol. The van der Waals surface area contributed by atoms with Gasteiger partial charge in [-0.1, -0.05) is 289 Å². The molecule has 0 saturated heterocycles. The van der Waals surface area contributed by atoms with Crippen LogP contribution in [0.1, 0.15) is 252 Å². The third-order valence-electron chi connectivity index (χ3n) is 13.9. The molecule has 3 atom stereocenters. The van der Waals surface area contributed by atoms with Crippen molar-refractivity contribution in [1.29, 1.82) is 0 Å². The first-order valence-electron chi connectivity index (χ1n) is 33.2. The van der Waals surface area contributed by atoms with Crippen molar-refractivity contribution in [2.24, 2.45) is 0 Å². The van der Waals surface area contributed by atoms with E-state index in [2.05, 4.69) is 99.0 Å². The van der Waals surface area contributed by atoms with E-state index in [-0.39, 0.29) is 37.9 Å². The number of likely N-dealkylation sites (N-methyl/N-ethyl adjacent to an activating group) is 1. The van der Waals surface area contributed by atoms with E-state index in [0.29, 0.717) is 17.4 Å². The van der Waals surface area contributed by atoms with Gasteiger partial charge in [0.2, 0.25) is 5.91 Å². The highest BCUT2D eigenvalue weighted by atomic mass is 31.2. The highest BCUT2D eigenvalue weighted by Gasteiger charge is 2.30. The highest BCUT2D eigenvalue weighted by molar-refractivity contribution is 7.47. The summed E-state index contributed by atoms with van der Waals surface area (Å²) in [7, 11) is 1.44. The Bertz CT molecular complexity index is 1930. The quantitative estimate of drug-likeness (QED) is 0.0156. The number of carbonyl (C=O) groups excluding carboxylic acids is 2. The number of esters is 1. The lowest BCUT2D eigenvalue weighted by atomic mass is 10.0. The molecule has 2 N–H and O–H groups in total. The summed E-state index contributed by atoms with van der Waals surface area (Å²) in [5, 5.41) is 3.03. The minimum atomic E-state index is -4.48. The van der Waals surface area contributed by atoms with Crippen molar-refractivity contribution in [3.8, 4) is 0 Å². The minimum absolute atomic E-state index is 0.0226. The van der Waals surface area contributed by atoms with Crippen molar-refractivity contribution in [2.45, 2.75) is 264 Å². The second kappa shape index (κ2) is 61.0. The molecule has 9 nitrogen and oxygen atoms in total. The number of amides is 1. The number of nitrogens with zero attached hydrogens (tertiary/aromatic N) is 1. The minimum Gasteiger partial charge on any atom is -0.456 e. The molecule has 10 heteroatoms. The molecular weight excluding hydrogens is 1050 g/mol. The molecule has 0 saturated carbocycles. The van der Waals surface area contributed by atoms with Gasteiger partial charge in [-0.3, -0.25) is 18.6 Å². The first-order chi connectivity index (χ1) is 40.4. The van der Waals surface area contributed by atoms with Crippen LogP contribution in [0.4, 0.5) is 0 Å². The van der Waals surface area contributed by atoms with Crippen molar-refractivity contribution in [3.63, 3.8) is 0 Å². The molecule has 0 bridgehead atoms. The number of rotatable bonds is 58. The Hall–Kier alpha value is -4.11. The van der Waals surface area contributed by atoms with Gasteiger partial charge in [-0.25, -0.2) is 4.57 Å². The van der Waals surface area contributed by atoms with Crippen molar-refractivity contribution < 1.29 is 37.3 Å². The number of hydrogen-bond donors (Lipinski definition) is 2. The van der Waals surface area contributed by atoms with Crippen molar-refractivity contribution >= 4 is 19.7 Å². The predicted octanol–water partition coefficient (Wildman–Crippen LogP) is 21.0. The van der Waals surface area contributed by atoms with Gasteiger partial charge in [0.1, 0.15) is 19.3 Å². The molecule has 0 aromatic carbocycles. The molecule has 83 heavy (non-hydrogen) atoms. The summed E-state index contributed by atoms with van der Waals surface area (Å²) in [4.78, 5) is 37.8. The van der Waals surface area contributed by atoms with E-state index in [0.717, 1.165) is 109 Å². The van der Waals surface area contributed by atoms with Crippen LogP contribution in [0.25, 0.3) is 0 Å². The Labute approximate surface area is 510 Å². The fourth-order valence-electron chi connectivity index (χ4n) is 8.88. The van der Waals surface area contributed by atoms with E-state index >= 15 is 0 Å². The lowest BCUT2D eigenvalue weighted by molar-refractivity contribution is -0.870. The molecule has 0 fully saturated rings. The van der Waals surface area contributed by atoms with E-state index in [1.54, 1.807) is 0 Å². The first kappa shape index (κ1) is 78.9. The van der Waals surface area contributed by atoms with Crippen molar-refractivity contribution in [1.82, 2.24) is 5.32 Å². The topological polar surface area (TPSA) is 111 Å². The van der Waals surface area contributed by atoms with Gasteiger partial charge in [-0.15, -0.1) is 0 Å². The van der Waals surface area contributed by atoms with Crippen LogP contribution in [0.2, 0.25) is 0 Å². The SMILES string of the molecule is CC\C=C/C=C/C=C/C=C\C=C\C=C\CCCCCC(=O)NC(COP(=O)(O)OCC[N+](C)(C)C)C(/C=C\CCCCCCCCCCCCC)OC(=O)CCCCCCCCCCCCC/C=C\C/C=C\C/C=C\C/C=C\C/C=C\CC. The largest absolute Gasteiger partial charge is 0.472 e. The summed E-state index contributed by atoms with van der Waals surface area (Å²) in [6.45, 7) is 6.71. The molecular formula is C73H124N2O7P+. The number of phosphoric ester groups is 1. The molecule has 0 rings (SSSR count). The second-order valence-corrected chi connectivity index (χ2v) is 24.5. The van der Waals surface area contributed by atoms with Gasteiger partial charge >= 0.3 is 13.8 Å². The predicted molar refractivity (Wildman–Crippen MR) is 359 cm³/mol. The Morgan fingerprint density at radius 2 is 0.831 bits per heavy atom. The number of quaternary nitrogens is 1. The molecule has 1 amide bonds. The number of ether oxygens (including phenoxy) is 1. The van der Waals surface area contributed by atoms with Gasteiger partial charge in [-0.2, -0.15) is 0 Å². The molecule has 0 spiro atoms. The maximum atomic E-state index is 13.6. The molecule has 0 aromatic rings. The molecule has 3 unspecified atom stereocenters. The average molecular weight is 1170 g/mol. The number of allylic oxidation sites excluding steroid dienone is 23. The normalized spacial score (nSPS) is 14.5. The van der Waals surface area contributed by atoms with Crippen LogP contribution in [0.3, 0.4) is 0 Å². The summed E-state index contributed by atoms with van der Waals surface area (Å²) in [6, 6.07) is -0.884. The second-order valence-electron chi connectivity index (χ2n) is 23.0. The molecule has 0 aromatic heterocycles. The third-order valence-corrected chi connectivity index (χ3v) is 14.9. The molecule has 0 aliphatic heterocycles. The number of carbonyl (C=O) groups is 2. The van der Waals surface area contributed by atoms with E-state index in [4.69, 9.17) is 13.8 Å². The summed E-state index contributed by atoms with van der Waals surface area (Å²) in [6.07, 6.45) is 88.5. The number of unbranched alkanes of at least 4 members (excludes halogenated alkanes) is 25. The summed E-state index contributed by atoms with van der Waals surface area (Å²) in [5.41, 5.74) is 0. The summed E-state index contributed by atoms with van der Waals surface area (Å²) in [5.74, 6) is -0.567. The number of phosphoric acid groups is 1. The smallest absolute Gasteiger partial charge is 0.456 e. The van der Waals surface area contributed by atoms with Crippen LogP contribution in [0.15, 0.2) is 146 Å². The maximum absolute atomic E-state index is 13.6. The van der Waals surface area contributed by atoms with Gasteiger partial charge in [0.15, 0.2) is 0 Å². The van der Waals surface area contributed by atoms with E-state index in [9.17, 15) is 19.0 Å². The Kier molecular flexibility index (Phi) is 58.0. The Morgan fingerprint density at radius 3 is 1.31 bits per heavy atom. The molecule has 0 radical (unpaired) electrons. The molecule has 0 aliphatic carbocycles. The van der Waals surface area contributed by atoms with E-state index in [1.807, 2.05) is 94.1 Å².